The van der Waals surface area contributed by atoms with Crippen molar-refractivity contribution in [3.63, 3.8) is 0 Å². The van der Waals surface area contributed by atoms with Gasteiger partial charge in [-0.3, -0.25) is 4.79 Å². The quantitative estimate of drug-likeness (QED) is 0.723. The third-order valence-electron chi connectivity index (χ3n) is 8.32. The van der Waals surface area contributed by atoms with E-state index in [0.717, 1.165) is 44.9 Å². The Morgan fingerprint density at radius 3 is 2.59 bits per heavy atom. The van der Waals surface area contributed by atoms with E-state index in [9.17, 15) is 15.0 Å². The number of carbonyl (C=O) groups excluding carboxylic acids is 1. The summed E-state index contributed by atoms with van der Waals surface area (Å²) in [6.07, 6.45) is 7.03. The van der Waals surface area contributed by atoms with Crippen LogP contribution in [0.2, 0.25) is 0 Å². The standard InChI is InChI=1S/C19H30O3/c1-18-8-7-14-17(13(18)5-6-16(18)22)15(21)9-11-3-4-12(20)10-19(11,14)2/h11-15,17,20-21H,3-10H2,1-2H3/t11-,12+,13+,14+,15+,17+,18+,19+/m1/s1. The van der Waals surface area contributed by atoms with Gasteiger partial charge in [-0.1, -0.05) is 13.8 Å². The average Bonchev–Trinajstić information content (AvgIpc) is 2.76. The van der Waals surface area contributed by atoms with E-state index in [1.165, 1.54) is 0 Å². The minimum Gasteiger partial charge on any atom is -0.393 e. The number of fused-ring (bicyclic) bond motifs is 5. The van der Waals surface area contributed by atoms with Crippen molar-refractivity contribution in [2.45, 2.75) is 77.4 Å². The molecule has 2 N–H and O–H groups in total. The van der Waals surface area contributed by atoms with Crippen molar-refractivity contribution < 1.29 is 15.0 Å². The Morgan fingerprint density at radius 1 is 1.05 bits per heavy atom. The van der Waals surface area contributed by atoms with Crippen LogP contribution in [0.25, 0.3) is 0 Å². The molecular formula is C19H30O3. The summed E-state index contributed by atoms with van der Waals surface area (Å²) in [6, 6.07) is 0. The Labute approximate surface area is 133 Å². The van der Waals surface area contributed by atoms with Crippen molar-refractivity contribution in [2.24, 2.45) is 34.5 Å². The minimum atomic E-state index is -0.242. The summed E-state index contributed by atoms with van der Waals surface area (Å²) in [4.78, 5) is 12.4. The fraction of sp³-hybridized carbons (Fsp3) is 0.947. The second-order valence-electron chi connectivity index (χ2n) is 9.15. The van der Waals surface area contributed by atoms with Crippen molar-refractivity contribution in [2.75, 3.05) is 0 Å². The molecule has 4 rings (SSSR count). The zero-order valence-electron chi connectivity index (χ0n) is 13.9. The first kappa shape index (κ1) is 15.1. The molecule has 0 unspecified atom stereocenters. The maximum Gasteiger partial charge on any atom is 0.139 e. The van der Waals surface area contributed by atoms with Gasteiger partial charge in [0.15, 0.2) is 0 Å². The van der Waals surface area contributed by atoms with E-state index in [4.69, 9.17) is 0 Å². The number of hydrogen-bond acceptors (Lipinski definition) is 3. The zero-order chi connectivity index (χ0) is 15.7. The number of ketones is 1. The fourth-order valence-electron chi connectivity index (χ4n) is 7.06. The topological polar surface area (TPSA) is 57.5 Å². The highest BCUT2D eigenvalue weighted by Gasteiger charge is 2.62. The highest BCUT2D eigenvalue weighted by Crippen LogP contribution is 2.65. The molecule has 4 fully saturated rings. The number of carbonyl (C=O) groups is 1. The normalized spacial score (nSPS) is 57.9. The Bertz CT molecular complexity index is 489. The van der Waals surface area contributed by atoms with Crippen LogP contribution >= 0.6 is 0 Å². The molecule has 0 bridgehead atoms. The van der Waals surface area contributed by atoms with Crippen LogP contribution < -0.4 is 0 Å². The second-order valence-corrected chi connectivity index (χ2v) is 9.15. The van der Waals surface area contributed by atoms with Crippen LogP contribution in [0.4, 0.5) is 0 Å². The van der Waals surface area contributed by atoms with Crippen LogP contribution in [0.3, 0.4) is 0 Å². The number of aliphatic hydroxyl groups excluding tert-OH is 2. The number of Topliss-reactive ketones (excluding diaryl/α,β-unsaturated/α-hetero) is 1. The van der Waals surface area contributed by atoms with Gasteiger partial charge in [-0.2, -0.15) is 0 Å². The summed E-state index contributed by atoms with van der Waals surface area (Å²) in [7, 11) is 0. The van der Waals surface area contributed by atoms with Gasteiger partial charge in [0.1, 0.15) is 5.78 Å². The van der Waals surface area contributed by atoms with Gasteiger partial charge in [-0.25, -0.2) is 0 Å². The van der Waals surface area contributed by atoms with Gasteiger partial charge >= 0.3 is 0 Å². The lowest BCUT2D eigenvalue weighted by atomic mass is 9.44. The van der Waals surface area contributed by atoms with Gasteiger partial charge in [-0.05, 0) is 74.0 Å². The molecule has 22 heavy (non-hydrogen) atoms. The lowest BCUT2D eigenvalue weighted by molar-refractivity contribution is -0.173. The van der Waals surface area contributed by atoms with Gasteiger partial charge in [0.25, 0.3) is 0 Å². The highest BCUT2D eigenvalue weighted by molar-refractivity contribution is 5.87. The monoisotopic (exact) mass is 306 g/mol. The van der Waals surface area contributed by atoms with Crippen molar-refractivity contribution in [3.05, 3.63) is 0 Å². The maximum atomic E-state index is 12.4. The third kappa shape index (κ3) is 1.84. The summed E-state index contributed by atoms with van der Waals surface area (Å²) < 4.78 is 0. The number of rotatable bonds is 0. The molecule has 124 valence electrons. The van der Waals surface area contributed by atoms with E-state index >= 15 is 0 Å². The molecule has 0 saturated heterocycles. The first-order valence-electron chi connectivity index (χ1n) is 9.25. The maximum absolute atomic E-state index is 12.4. The Kier molecular flexibility index (Phi) is 3.30. The predicted octanol–water partition coefficient (Wildman–Crippen LogP) is 2.93. The molecule has 4 aliphatic rings. The molecule has 0 aromatic rings. The van der Waals surface area contributed by atoms with E-state index < -0.39 is 0 Å². The van der Waals surface area contributed by atoms with E-state index in [-0.39, 0.29) is 29.0 Å². The van der Waals surface area contributed by atoms with Crippen LogP contribution in [-0.2, 0) is 4.79 Å². The molecule has 8 atom stereocenters. The Hall–Kier alpha value is -0.410. The van der Waals surface area contributed by atoms with Gasteiger partial charge in [0.05, 0.1) is 12.2 Å². The lowest BCUT2D eigenvalue weighted by Crippen LogP contribution is -2.58. The van der Waals surface area contributed by atoms with Gasteiger partial charge in [0.2, 0.25) is 0 Å². The first-order valence-corrected chi connectivity index (χ1v) is 9.25. The van der Waals surface area contributed by atoms with E-state index in [1.807, 2.05) is 0 Å². The molecule has 0 heterocycles. The molecule has 0 aromatic carbocycles. The van der Waals surface area contributed by atoms with Gasteiger partial charge in [0, 0.05) is 11.8 Å². The Morgan fingerprint density at radius 2 is 1.82 bits per heavy atom. The minimum absolute atomic E-state index is 0.161. The Balaban J connectivity index is 1.70. The molecule has 3 heteroatoms. The molecule has 0 aromatic heterocycles. The smallest absolute Gasteiger partial charge is 0.139 e. The highest BCUT2D eigenvalue weighted by atomic mass is 16.3. The number of aliphatic hydroxyl groups is 2. The lowest BCUT2D eigenvalue weighted by Gasteiger charge is -2.61. The van der Waals surface area contributed by atoms with Crippen molar-refractivity contribution in [3.8, 4) is 0 Å². The van der Waals surface area contributed by atoms with E-state index in [2.05, 4.69) is 13.8 Å². The molecule has 0 spiro atoms. The van der Waals surface area contributed by atoms with Crippen molar-refractivity contribution in [1.29, 1.82) is 0 Å². The molecule has 4 aliphatic carbocycles. The predicted molar refractivity (Wildman–Crippen MR) is 84.1 cm³/mol. The fourth-order valence-corrected chi connectivity index (χ4v) is 7.06. The molecule has 0 radical (unpaired) electrons. The molecule has 3 nitrogen and oxygen atoms in total. The van der Waals surface area contributed by atoms with Crippen molar-refractivity contribution >= 4 is 5.78 Å². The molecular weight excluding hydrogens is 276 g/mol. The summed E-state index contributed by atoms with van der Waals surface area (Å²) in [5.74, 6) is 2.11. The third-order valence-corrected chi connectivity index (χ3v) is 8.32. The number of hydrogen-bond donors (Lipinski definition) is 2. The van der Waals surface area contributed by atoms with Gasteiger partial charge < -0.3 is 10.2 Å². The van der Waals surface area contributed by atoms with Gasteiger partial charge in [-0.15, -0.1) is 0 Å². The van der Waals surface area contributed by atoms with Crippen LogP contribution in [0, 0.1) is 34.5 Å². The first-order chi connectivity index (χ1) is 10.4. The summed E-state index contributed by atoms with van der Waals surface area (Å²) in [5.41, 5.74) is -0.0207. The van der Waals surface area contributed by atoms with Crippen LogP contribution in [0.1, 0.15) is 65.2 Å². The molecule has 0 aliphatic heterocycles. The summed E-state index contributed by atoms with van der Waals surface area (Å²) in [6.45, 7) is 4.52. The van der Waals surface area contributed by atoms with Crippen LogP contribution in [-0.4, -0.2) is 28.2 Å². The molecule has 0 amide bonds. The summed E-state index contributed by atoms with van der Waals surface area (Å²) in [5, 5.41) is 21.1. The van der Waals surface area contributed by atoms with Crippen molar-refractivity contribution in [1.82, 2.24) is 0 Å². The van der Waals surface area contributed by atoms with Crippen LogP contribution in [0.5, 0.6) is 0 Å². The van der Waals surface area contributed by atoms with E-state index in [1.54, 1.807) is 0 Å². The average molecular weight is 306 g/mol. The van der Waals surface area contributed by atoms with E-state index in [0.29, 0.717) is 30.0 Å². The SMILES string of the molecule is C[C@]12C[C@@H](O)CC[C@@H]1C[C@H](O)[C@@H]1[C@@H]2CC[C@]2(C)C(=O)CC[C@@H]12. The second kappa shape index (κ2) is 4.80. The van der Waals surface area contributed by atoms with Crippen LogP contribution in [0.15, 0.2) is 0 Å². The largest absolute Gasteiger partial charge is 0.393 e. The summed E-state index contributed by atoms with van der Waals surface area (Å²) >= 11 is 0. The molecule has 4 saturated carbocycles. The zero-order valence-corrected chi connectivity index (χ0v) is 13.9.